The van der Waals surface area contributed by atoms with Gasteiger partial charge in [0.2, 0.25) is 5.91 Å². The van der Waals surface area contributed by atoms with Crippen molar-refractivity contribution in [1.82, 2.24) is 20.4 Å². The summed E-state index contributed by atoms with van der Waals surface area (Å²) in [4.78, 5) is 38.8. The Balaban J connectivity index is 1.20. The van der Waals surface area contributed by atoms with Crippen LogP contribution in [0.15, 0.2) is 41.2 Å². The smallest absolute Gasteiger partial charge is 0.272 e. The number of hydrogen-bond donors (Lipinski definition) is 2. The van der Waals surface area contributed by atoms with Crippen LogP contribution in [0.3, 0.4) is 0 Å². The van der Waals surface area contributed by atoms with E-state index in [1.54, 1.807) is 24.3 Å². The van der Waals surface area contributed by atoms with E-state index >= 15 is 0 Å². The summed E-state index contributed by atoms with van der Waals surface area (Å²) in [5, 5.41) is 10.9. The minimum absolute atomic E-state index is 0.0118. The third kappa shape index (κ3) is 4.45. The topological polar surface area (TPSA) is 104 Å². The average Bonchev–Trinajstić information content (AvgIpc) is 3.66. The molecule has 2 N–H and O–H groups in total. The van der Waals surface area contributed by atoms with E-state index in [-0.39, 0.29) is 35.1 Å². The number of fused-ring (bicyclic) bond motifs is 1. The number of ether oxygens (including phenoxy) is 1. The number of nitrogens with zero attached hydrogens (tertiary/aromatic N) is 2. The molecular weight excluding hydrogens is 463 g/mol. The molecule has 8 nitrogen and oxygen atoms in total. The molecule has 3 aliphatic rings. The first-order valence-electron chi connectivity index (χ1n) is 12.5. The van der Waals surface area contributed by atoms with Crippen molar-refractivity contribution >= 4 is 22.6 Å². The van der Waals surface area contributed by atoms with Gasteiger partial charge in [0.15, 0.2) is 0 Å². The van der Waals surface area contributed by atoms with Crippen LogP contribution in [0.1, 0.15) is 53.7 Å². The fourth-order valence-corrected chi connectivity index (χ4v) is 4.70. The predicted molar refractivity (Wildman–Crippen MR) is 130 cm³/mol. The Hall–Kier alpha value is -3.75. The zero-order valence-corrected chi connectivity index (χ0v) is 19.8. The molecule has 2 saturated carbocycles. The molecule has 0 bridgehead atoms. The highest BCUT2D eigenvalue weighted by Gasteiger charge is 2.37. The SMILES string of the molecule is O=C(NC1CN(C(=O)c2cc(Cc3n[nH]c(=O)c4ccc(OC5CCC5)cc34)ccc2F)C1)C1CC1. The van der Waals surface area contributed by atoms with Crippen molar-refractivity contribution in [1.29, 1.82) is 0 Å². The Kier molecular flexibility index (Phi) is 5.70. The summed E-state index contributed by atoms with van der Waals surface area (Å²) in [5.74, 6) is -0.146. The highest BCUT2D eigenvalue weighted by atomic mass is 19.1. The minimum atomic E-state index is -0.593. The molecule has 2 aromatic carbocycles. The second-order valence-electron chi connectivity index (χ2n) is 10.1. The van der Waals surface area contributed by atoms with E-state index in [0.717, 1.165) is 32.1 Å². The van der Waals surface area contributed by atoms with Crippen molar-refractivity contribution in [3.8, 4) is 5.75 Å². The summed E-state index contributed by atoms with van der Waals surface area (Å²) < 4.78 is 20.6. The largest absolute Gasteiger partial charge is 0.490 e. The fourth-order valence-electron chi connectivity index (χ4n) is 4.70. The Bertz CT molecular complexity index is 1410. The zero-order valence-electron chi connectivity index (χ0n) is 19.8. The summed E-state index contributed by atoms with van der Waals surface area (Å²) in [5.41, 5.74) is 1.01. The summed E-state index contributed by atoms with van der Waals surface area (Å²) >= 11 is 0. The van der Waals surface area contributed by atoms with Crippen molar-refractivity contribution < 1.29 is 18.7 Å². The van der Waals surface area contributed by atoms with Gasteiger partial charge in [0.25, 0.3) is 11.5 Å². The Morgan fingerprint density at radius 2 is 1.89 bits per heavy atom. The van der Waals surface area contributed by atoms with E-state index in [1.165, 1.54) is 11.0 Å². The lowest BCUT2D eigenvalue weighted by molar-refractivity contribution is -0.123. The van der Waals surface area contributed by atoms with E-state index in [2.05, 4.69) is 15.5 Å². The molecule has 2 aliphatic carbocycles. The highest BCUT2D eigenvalue weighted by Crippen LogP contribution is 2.30. The summed E-state index contributed by atoms with van der Waals surface area (Å²) in [6, 6.07) is 9.72. The first kappa shape index (κ1) is 22.7. The molecule has 2 amide bonds. The Morgan fingerprint density at radius 3 is 2.61 bits per heavy atom. The number of halogens is 1. The number of benzene rings is 2. The van der Waals surface area contributed by atoms with Crippen LogP contribution >= 0.6 is 0 Å². The number of aromatic amines is 1. The van der Waals surface area contributed by atoms with Gasteiger partial charge in [-0.05, 0) is 68.0 Å². The molecule has 9 heteroatoms. The second kappa shape index (κ2) is 9.04. The van der Waals surface area contributed by atoms with Gasteiger partial charge in [0.05, 0.1) is 28.8 Å². The van der Waals surface area contributed by atoms with E-state index in [1.807, 2.05) is 6.07 Å². The molecule has 3 fully saturated rings. The van der Waals surface area contributed by atoms with Crippen molar-refractivity contribution in [3.63, 3.8) is 0 Å². The summed E-state index contributed by atoms with van der Waals surface area (Å²) in [6.45, 7) is 0.744. The number of likely N-dealkylation sites (tertiary alicyclic amines) is 1. The van der Waals surface area contributed by atoms with Gasteiger partial charge in [-0.15, -0.1) is 0 Å². The molecule has 1 saturated heterocycles. The lowest BCUT2D eigenvalue weighted by Gasteiger charge is -2.39. The molecule has 2 heterocycles. The van der Waals surface area contributed by atoms with Gasteiger partial charge in [0.1, 0.15) is 11.6 Å². The standard InChI is InChI=1S/C27H27FN4O4/c28-23-9-4-15(10-22(23)27(35)32-13-17(14-32)29-25(33)16-5-6-16)11-24-21-12-19(36-18-2-1-3-18)7-8-20(21)26(34)31-30-24/h4,7-10,12,16-18H,1-3,5-6,11,13-14H2,(H,29,33)(H,31,34). The summed E-state index contributed by atoms with van der Waals surface area (Å²) in [6.07, 6.45) is 5.56. The van der Waals surface area contributed by atoms with E-state index in [9.17, 15) is 18.8 Å². The van der Waals surface area contributed by atoms with Gasteiger partial charge >= 0.3 is 0 Å². The van der Waals surface area contributed by atoms with Crippen LogP contribution < -0.4 is 15.6 Å². The number of carbonyl (C=O) groups excluding carboxylic acids is 2. The first-order valence-corrected chi connectivity index (χ1v) is 12.5. The molecule has 6 rings (SSSR count). The zero-order chi connectivity index (χ0) is 24.8. The van der Waals surface area contributed by atoms with Crippen molar-refractivity contribution in [2.75, 3.05) is 13.1 Å². The van der Waals surface area contributed by atoms with Gasteiger partial charge in [0, 0.05) is 30.8 Å². The molecule has 3 aromatic rings. The first-order chi connectivity index (χ1) is 17.4. The lowest BCUT2D eigenvalue weighted by Crippen LogP contribution is -2.61. The maximum atomic E-state index is 14.6. The molecule has 0 spiro atoms. The maximum Gasteiger partial charge on any atom is 0.272 e. The van der Waals surface area contributed by atoms with Crippen molar-refractivity contribution in [3.05, 3.63) is 69.4 Å². The Labute approximate surface area is 206 Å². The van der Waals surface area contributed by atoms with Crippen LogP contribution in [-0.2, 0) is 11.2 Å². The number of nitrogens with one attached hydrogen (secondary N) is 2. The predicted octanol–water partition coefficient (Wildman–Crippen LogP) is 2.93. The molecule has 186 valence electrons. The van der Waals surface area contributed by atoms with Crippen LogP contribution in [0.5, 0.6) is 5.75 Å². The van der Waals surface area contributed by atoms with Crippen LogP contribution in [0, 0.1) is 11.7 Å². The fraction of sp³-hybridized carbons (Fsp3) is 0.407. The van der Waals surface area contributed by atoms with Crippen LogP contribution in [-0.4, -0.2) is 52.1 Å². The molecule has 0 radical (unpaired) electrons. The summed E-state index contributed by atoms with van der Waals surface area (Å²) in [7, 11) is 0. The molecule has 36 heavy (non-hydrogen) atoms. The number of aromatic nitrogens is 2. The second-order valence-corrected chi connectivity index (χ2v) is 10.1. The number of amides is 2. The van der Waals surface area contributed by atoms with E-state index < -0.39 is 11.7 Å². The molecule has 1 aromatic heterocycles. The van der Waals surface area contributed by atoms with Gasteiger partial charge in [-0.3, -0.25) is 14.4 Å². The third-order valence-electron chi connectivity index (χ3n) is 7.29. The molecule has 0 unspecified atom stereocenters. The normalized spacial score (nSPS) is 18.0. The maximum absolute atomic E-state index is 14.6. The third-order valence-corrected chi connectivity index (χ3v) is 7.29. The molecule has 1 aliphatic heterocycles. The number of H-pyrrole nitrogens is 1. The number of carbonyl (C=O) groups is 2. The van der Waals surface area contributed by atoms with Crippen LogP contribution in [0.2, 0.25) is 0 Å². The number of rotatable bonds is 7. The van der Waals surface area contributed by atoms with E-state index in [0.29, 0.717) is 47.3 Å². The van der Waals surface area contributed by atoms with Gasteiger partial charge in [-0.1, -0.05) is 6.07 Å². The van der Waals surface area contributed by atoms with Crippen molar-refractivity contribution in [2.45, 2.75) is 50.7 Å². The highest BCUT2D eigenvalue weighted by molar-refractivity contribution is 5.95. The van der Waals surface area contributed by atoms with Crippen LogP contribution in [0.4, 0.5) is 4.39 Å². The van der Waals surface area contributed by atoms with Crippen molar-refractivity contribution in [2.24, 2.45) is 5.92 Å². The molecule has 0 atom stereocenters. The van der Waals surface area contributed by atoms with Gasteiger partial charge in [-0.2, -0.15) is 5.10 Å². The van der Waals surface area contributed by atoms with Gasteiger partial charge < -0.3 is 15.0 Å². The number of hydrogen-bond acceptors (Lipinski definition) is 5. The monoisotopic (exact) mass is 490 g/mol. The minimum Gasteiger partial charge on any atom is -0.490 e. The van der Waals surface area contributed by atoms with Gasteiger partial charge in [-0.25, -0.2) is 9.49 Å². The Morgan fingerprint density at radius 1 is 1.08 bits per heavy atom. The van der Waals surface area contributed by atoms with E-state index in [4.69, 9.17) is 4.74 Å². The lowest BCUT2D eigenvalue weighted by atomic mass is 9.96. The molecular formula is C27H27FN4O4. The quantitative estimate of drug-likeness (QED) is 0.530. The van der Waals surface area contributed by atoms with Crippen LogP contribution in [0.25, 0.3) is 10.8 Å². The average molecular weight is 491 g/mol.